The van der Waals surface area contributed by atoms with Crippen LogP contribution in [-0.2, 0) is 6.54 Å². The van der Waals surface area contributed by atoms with E-state index in [0.29, 0.717) is 17.8 Å². The number of fused-ring (bicyclic) bond motifs is 1. The smallest absolute Gasteiger partial charge is 0.138 e. The van der Waals surface area contributed by atoms with Crippen molar-refractivity contribution in [1.29, 1.82) is 5.26 Å². The number of anilines is 2. The monoisotopic (exact) mass is 327 g/mol. The highest BCUT2D eigenvalue weighted by Crippen LogP contribution is 2.31. The highest BCUT2D eigenvalue weighted by molar-refractivity contribution is 5.96. The van der Waals surface area contributed by atoms with Crippen LogP contribution < -0.4 is 5.32 Å². The number of aromatic nitrogens is 5. The number of nitrogens with one attached hydrogen (secondary N) is 1. The van der Waals surface area contributed by atoms with Gasteiger partial charge in [0.25, 0.3) is 0 Å². The van der Waals surface area contributed by atoms with Gasteiger partial charge < -0.3 is 5.32 Å². The lowest BCUT2D eigenvalue weighted by atomic mass is 10.1. The van der Waals surface area contributed by atoms with Gasteiger partial charge >= 0.3 is 0 Å². The zero-order valence-corrected chi connectivity index (χ0v) is 13.2. The van der Waals surface area contributed by atoms with Crippen LogP contribution in [0.2, 0.25) is 0 Å². The number of rotatable bonds is 4. The second-order valence-corrected chi connectivity index (χ2v) is 5.44. The van der Waals surface area contributed by atoms with Crippen LogP contribution in [0.1, 0.15) is 11.3 Å². The van der Waals surface area contributed by atoms with E-state index in [9.17, 15) is 5.26 Å². The normalized spacial score (nSPS) is 10.5. The van der Waals surface area contributed by atoms with Gasteiger partial charge in [-0.1, -0.05) is 36.4 Å². The molecule has 25 heavy (non-hydrogen) atoms. The van der Waals surface area contributed by atoms with Gasteiger partial charge in [-0.05, 0) is 28.6 Å². The number of nitriles is 1. The fourth-order valence-corrected chi connectivity index (χ4v) is 2.70. The summed E-state index contributed by atoms with van der Waals surface area (Å²) in [6, 6.07) is 19.8. The van der Waals surface area contributed by atoms with Crippen LogP contribution in [0.15, 0.2) is 60.9 Å². The summed E-state index contributed by atoms with van der Waals surface area (Å²) in [4.78, 5) is 4.64. The molecule has 0 spiro atoms. The van der Waals surface area contributed by atoms with Gasteiger partial charge in [-0.15, -0.1) is 5.10 Å². The molecule has 4 aromatic rings. The van der Waals surface area contributed by atoms with Crippen molar-refractivity contribution in [3.8, 4) is 6.07 Å². The molecule has 0 saturated carbocycles. The van der Waals surface area contributed by atoms with Crippen LogP contribution in [0.4, 0.5) is 11.4 Å². The van der Waals surface area contributed by atoms with Gasteiger partial charge in [-0.25, -0.2) is 9.67 Å². The molecule has 0 unspecified atom stereocenters. The number of hydrogen-bond donors (Lipinski definition) is 1. The Balaban J connectivity index is 1.90. The third-order valence-corrected chi connectivity index (χ3v) is 3.83. The van der Waals surface area contributed by atoms with E-state index in [0.717, 1.165) is 22.3 Å². The summed E-state index contributed by atoms with van der Waals surface area (Å²) in [6.07, 6.45) is 1.50. The number of nitrogens with zero attached hydrogens (tertiary/aromatic N) is 6. The molecular weight excluding hydrogens is 314 g/mol. The van der Waals surface area contributed by atoms with E-state index in [1.165, 1.54) is 6.33 Å². The highest BCUT2D eigenvalue weighted by atomic mass is 15.5. The van der Waals surface area contributed by atoms with Crippen LogP contribution in [0.5, 0.6) is 0 Å². The van der Waals surface area contributed by atoms with E-state index in [4.69, 9.17) is 0 Å². The summed E-state index contributed by atoms with van der Waals surface area (Å²) in [5.41, 5.74) is 3.55. The van der Waals surface area contributed by atoms with Crippen molar-refractivity contribution < 1.29 is 0 Å². The summed E-state index contributed by atoms with van der Waals surface area (Å²) >= 11 is 0. The Bertz CT molecular complexity index is 1050. The third kappa shape index (κ3) is 2.88. The minimum absolute atomic E-state index is 0.324. The molecule has 0 bridgehead atoms. The first-order chi connectivity index (χ1) is 12.3. The maximum atomic E-state index is 9.77. The molecule has 120 valence electrons. The standard InChI is InChI=1S/C18H13N7/c19-10-15-17(11-25-12-20-23-24-25)22-16-9-5-4-8-14(16)18(15)21-13-6-2-1-3-7-13/h1-9,12H,11H2,(H,21,22). The van der Waals surface area contributed by atoms with Crippen molar-refractivity contribution in [2.45, 2.75) is 6.54 Å². The quantitative estimate of drug-likeness (QED) is 0.619. The molecule has 0 aliphatic carbocycles. The van der Waals surface area contributed by atoms with Crippen LogP contribution >= 0.6 is 0 Å². The minimum atomic E-state index is 0.324. The van der Waals surface area contributed by atoms with Crippen molar-refractivity contribution in [3.05, 3.63) is 72.2 Å². The molecule has 7 nitrogen and oxygen atoms in total. The van der Waals surface area contributed by atoms with Crippen molar-refractivity contribution in [2.75, 3.05) is 5.32 Å². The summed E-state index contributed by atoms with van der Waals surface area (Å²) in [6.45, 7) is 0.324. The summed E-state index contributed by atoms with van der Waals surface area (Å²) < 4.78 is 1.55. The van der Waals surface area contributed by atoms with Gasteiger partial charge in [0, 0.05) is 11.1 Å². The van der Waals surface area contributed by atoms with E-state index in [1.54, 1.807) is 4.68 Å². The van der Waals surface area contributed by atoms with E-state index in [1.807, 2.05) is 54.6 Å². The van der Waals surface area contributed by atoms with Crippen molar-refractivity contribution in [3.63, 3.8) is 0 Å². The Morgan fingerprint density at radius 2 is 1.84 bits per heavy atom. The van der Waals surface area contributed by atoms with Crippen LogP contribution in [0.25, 0.3) is 10.9 Å². The molecule has 0 aliphatic rings. The average Bonchev–Trinajstić information content (AvgIpc) is 3.16. The van der Waals surface area contributed by atoms with Gasteiger partial charge in [-0.3, -0.25) is 0 Å². The van der Waals surface area contributed by atoms with Gasteiger partial charge in [0.05, 0.1) is 29.0 Å². The molecule has 0 saturated heterocycles. The molecule has 7 heteroatoms. The first-order valence-electron chi connectivity index (χ1n) is 7.70. The first-order valence-corrected chi connectivity index (χ1v) is 7.70. The topological polar surface area (TPSA) is 92.3 Å². The number of tetrazole rings is 1. The molecule has 0 aliphatic heterocycles. The van der Waals surface area contributed by atoms with Crippen LogP contribution in [0, 0.1) is 11.3 Å². The van der Waals surface area contributed by atoms with Crippen LogP contribution in [-0.4, -0.2) is 25.2 Å². The fraction of sp³-hybridized carbons (Fsp3) is 0.0556. The Morgan fingerprint density at radius 1 is 1.04 bits per heavy atom. The maximum absolute atomic E-state index is 9.77. The van der Waals surface area contributed by atoms with Gasteiger partial charge in [0.2, 0.25) is 0 Å². The first kappa shape index (κ1) is 14.8. The van der Waals surface area contributed by atoms with E-state index < -0.39 is 0 Å². The maximum Gasteiger partial charge on any atom is 0.138 e. The summed E-state index contributed by atoms with van der Waals surface area (Å²) in [5, 5.41) is 25.2. The molecular formula is C18H13N7. The predicted molar refractivity (Wildman–Crippen MR) is 93.1 cm³/mol. The van der Waals surface area contributed by atoms with Crippen LogP contribution in [0.3, 0.4) is 0 Å². The van der Waals surface area contributed by atoms with Gasteiger partial charge in [-0.2, -0.15) is 5.26 Å². The molecule has 2 aromatic heterocycles. The van der Waals surface area contributed by atoms with Gasteiger partial charge in [0.1, 0.15) is 12.4 Å². The SMILES string of the molecule is N#Cc1c(Cn2cnnn2)nc2ccccc2c1Nc1ccccc1. The second-order valence-electron chi connectivity index (χ2n) is 5.44. The number of pyridine rings is 1. The van der Waals surface area contributed by atoms with Gasteiger partial charge in [0.15, 0.2) is 0 Å². The number of benzene rings is 2. The number of hydrogen-bond acceptors (Lipinski definition) is 6. The second kappa shape index (κ2) is 6.37. The Morgan fingerprint density at radius 3 is 2.60 bits per heavy atom. The fourth-order valence-electron chi connectivity index (χ4n) is 2.70. The third-order valence-electron chi connectivity index (χ3n) is 3.83. The molecule has 2 heterocycles. The molecule has 1 N–H and O–H groups in total. The number of para-hydroxylation sites is 2. The Labute approximate surface area is 143 Å². The minimum Gasteiger partial charge on any atom is -0.354 e. The van der Waals surface area contributed by atoms with E-state index in [-0.39, 0.29) is 0 Å². The lowest BCUT2D eigenvalue weighted by Gasteiger charge is -2.14. The Kier molecular flexibility index (Phi) is 3.77. The molecule has 0 radical (unpaired) electrons. The van der Waals surface area contributed by atoms with Crippen molar-refractivity contribution in [1.82, 2.24) is 25.2 Å². The average molecular weight is 327 g/mol. The molecule has 0 amide bonds. The molecule has 2 aromatic carbocycles. The van der Waals surface area contributed by atoms with E-state index >= 15 is 0 Å². The zero-order chi connectivity index (χ0) is 17.1. The zero-order valence-electron chi connectivity index (χ0n) is 13.2. The van der Waals surface area contributed by atoms with Crippen molar-refractivity contribution in [2.24, 2.45) is 0 Å². The lowest BCUT2D eigenvalue weighted by molar-refractivity contribution is 0.638. The summed E-state index contributed by atoms with van der Waals surface area (Å²) in [7, 11) is 0. The van der Waals surface area contributed by atoms with Crippen molar-refractivity contribution >= 4 is 22.3 Å². The molecule has 0 atom stereocenters. The lowest BCUT2D eigenvalue weighted by Crippen LogP contribution is -2.08. The predicted octanol–water partition coefficient (Wildman–Crippen LogP) is 2.88. The Hall–Kier alpha value is -3.79. The summed E-state index contributed by atoms with van der Waals surface area (Å²) in [5.74, 6) is 0. The largest absolute Gasteiger partial charge is 0.354 e. The molecule has 4 rings (SSSR count). The highest BCUT2D eigenvalue weighted by Gasteiger charge is 2.16. The van der Waals surface area contributed by atoms with E-state index in [2.05, 4.69) is 31.9 Å². The molecule has 0 fully saturated rings.